The van der Waals surface area contributed by atoms with Crippen molar-refractivity contribution in [3.63, 3.8) is 0 Å². The van der Waals surface area contributed by atoms with Crippen LogP contribution in [0.4, 0.5) is 0 Å². The number of benzene rings is 2. The molecule has 0 fully saturated rings. The van der Waals surface area contributed by atoms with E-state index >= 15 is 0 Å². The van der Waals surface area contributed by atoms with E-state index in [1.54, 1.807) is 20.3 Å². The maximum atomic E-state index is 9.67. The summed E-state index contributed by atoms with van der Waals surface area (Å²) < 4.78 is 10.5. The molecule has 0 bridgehead atoms. The molecule has 0 aliphatic rings. The Kier molecular flexibility index (Phi) is 8.29. The van der Waals surface area contributed by atoms with Crippen molar-refractivity contribution in [1.29, 1.82) is 0 Å². The molecule has 0 aliphatic heterocycles. The third kappa shape index (κ3) is 6.40. The molecule has 0 radical (unpaired) electrons. The van der Waals surface area contributed by atoms with Gasteiger partial charge in [-0.25, -0.2) is 0 Å². The molecule has 0 amide bonds. The molecule has 0 saturated heterocycles. The van der Waals surface area contributed by atoms with E-state index in [1.807, 2.05) is 37.3 Å². The first-order valence-electron chi connectivity index (χ1n) is 9.17. The number of rotatable bonds is 9. The lowest BCUT2D eigenvalue weighted by Crippen LogP contribution is -2.38. The summed E-state index contributed by atoms with van der Waals surface area (Å²) in [6.45, 7) is 4.24. The summed E-state index contributed by atoms with van der Waals surface area (Å²) in [5.41, 5.74) is 2.23. The van der Waals surface area contributed by atoms with Gasteiger partial charge in [-0.3, -0.25) is 4.99 Å². The average molecular weight is 371 g/mol. The molecule has 0 atom stereocenters. The van der Waals surface area contributed by atoms with Crippen LogP contribution in [-0.2, 0) is 12.8 Å². The predicted molar refractivity (Wildman–Crippen MR) is 109 cm³/mol. The number of hydrogen-bond donors (Lipinski definition) is 3. The van der Waals surface area contributed by atoms with Crippen molar-refractivity contribution in [1.82, 2.24) is 10.6 Å². The fraction of sp³-hybridized carbons (Fsp3) is 0.381. The van der Waals surface area contributed by atoms with Crippen LogP contribution in [-0.4, -0.2) is 44.9 Å². The lowest BCUT2D eigenvalue weighted by atomic mass is 10.1. The van der Waals surface area contributed by atoms with Gasteiger partial charge < -0.3 is 25.2 Å². The number of para-hydroxylation sites is 1. The molecule has 0 aliphatic carbocycles. The smallest absolute Gasteiger partial charge is 0.191 e. The van der Waals surface area contributed by atoms with Gasteiger partial charge in [0.05, 0.1) is 14.2 Å². The Morgan fingerprint density at radius 1 is 1.00 bits per heavy atom. The van der Waals surface area contributed by atoms with E-state index in [-0.39, 0.29) is 5.75 Å². The van der Waals surface area contributed by atoms with E-state index in [4.69, 9.17) is 9.47 Å². The zero-order valence-electron chi connectivity index (χ0n) is 16.3. The molecule has 27 heavy (non-hydrogen) atoms. The van der Waals surface area contributed by atoms with Crippen LogP contribution in [0.15, 0.2) is 47.5 Å². The Bertz CT molecular complexity index is 747. The van der Waals surface area contributed by atoms with Gasteiger partial charge in [-0.15, -0.1) is 0 Å². The standard InChI is InChI=1S/C21H29N3O3/c1-4-22-21(24-14-12-17-7-5-6-8-19(17)26-2)23-13-11-16-9-10-18(25)20(15-16)27-3/h5-10,15,25H,4,11-14H2,1-3H3,(H2,22,23,24). The van der Waals surface area contributed by atoms with E-state index in [9.17, 15) is 5.11 Å². The van der Waals surface area contributed by atoms with E-state index in [2.05, 4.69) is 21.7 Å². The van der Waals surface area contributed by atoms with E-state index in [1.165, 1.54) is 0 Å². The molecule has 0 saturated carbocycles. The second-order valence-electron chi connectivity index (χ2n) is 6.01. The van der Waals surface area contributed by atoms with Gasteiger partial charge in [0.25, 0.3) is 0 Å². The second kappa shape index (κ2) is 11.0. The van der Waals surface area contributed by atoms with Crippen LogP contribution in [0.1, 0.15) is 18.1 Å². The Balaban J connectivity index is 1.88. The van der Waals surface area contributed by atoms with Crippen LogP contribution in [0.5, 0.6) is 17.2 Å². The minimum atomic E-state index is 0.153. The molecule has 0 unspecified atom stereocenters. The predicted octanol–water partition coefficient (Wildman–Crippen LogP) is 2.75. The van der Waals surface area contributed by atoms with Crippen molar-refractivity contribution in [2.24, 2.45) is 4.99 Å². The number of guanidine groups is 1. The monoisotopic (exact) mass is 371 g/mol. The molecule has 2 aromatic rings. The highest BCUT2D eigenvalue weighted by Gasteiger charge is 2.04. The molecule has 146 valence electrons. The number of nitrogens with zero attached hydrogens (tertiary/aromatic N) is 1. The number of phenolic OH excluding ortho intramolecular Hbond substituents is 1. The van der Waals surface area contributed by atoms with Gasteiger partial charge in [-0.2, -0.15) is 0 Å². The number of hydrogen-bond acceptors (Lipinski definition) is 4. The molecular formula is C21H29N3O3. The fourth-order valence-electron chi connectivity index (χ4n) is 2.74. The number of aromatic hydroxyl groups is 1. The first kappa shape index (κ1) is 20.4. The maximum Gasteiger partial charge on any atom is 0.191 e. The van der Waals surface area contributed by atoms with Crippen molar-refractivity contribution in [3.8, 4) is 17.2 Å². The molecule has 0 aromatic heterocycles. The van der Waals surface area contributed by atoms with Crippen LogP contribution in [0.2, 0.25) is 0 Å². The largest absolute Gasteiger partial charge is 0.504 e. The van der Waals surface area contributed by atoms with Gasteiger partial charge in [-0.1, -0.05) is 24.3 Å². The highest BCUT2D eigenvalue weighted by molar-refractivity contribution is 5.79. The Morgan fingerprint density at radius 3 is 2.52 bits per heavy atom. The van der Waals surface area contributed by atoms with Crippen LogP contribution in [0, 0.1) is 0 Å². The second-order valence-corrected chi connectivity index (χ2v) is 6.01. The Labute approximate surface area is 161 Å². The topological polar surface area (TPSA) is 75.1 Å². The summed E-state index contributed by atoms with van der Waals surface area (Å²) in [6.07, 6.45) is 1.61. The summed E-state index contributed by atoms with van der Waals surface area (Å²) in [5.74, 6) is 2.33. The Morgan fingerprint density at radius 2 is 1.78 bits per heavy atom. The van der Waals surface area contributed by atoms with Crippen LogP contribution < -0.4 is 20.1 Å². The summed E-state index contributed by atoms with van der Waals surface area (Å²) >= 11 is 0. The average Bonchev–Trinajstić information content (AvgIpc) is 2.69. The number of nitrogens with one attached hydrogen (secondary N) is 2. The van der Waals surface area contributed by atoms with E-state index in [0.29, 0.717) is 12.3 Å². The third-order valence-electron chi connectivity index (χ3n) is 4.14. The number of ether oxygens (including phenoxy) is 2. The molecule has 6 heteroatoms. The molecule has 3 N–H and O–H groups in total. The summed E-state index contributed by atoms with van der Waals surface area (Å²) in [6, 6.07) is 13.4. The first-order chi connectivity index (χ1) is 13.2. The highest BCUT2D eigenvalue weighted by atomic mass is 16.5. The van der Waals surface area contributed by atoms with E-state index in [0.717, 1.165) is 48.8 Å². The number of aliphatic imine (C=N–C) groups is 1. The van der Waals surface area contributed by atoms with Crippen molar-refractivity contribution >= 4 is 5.96 Å². The van der Waals surface area contributed by atoms with Crippen LogP contribution >= 0.6 is 0 Å². The van der Waals surface area contributed by atoms with Gasteiger partial charge in [-0.05, 0) is 49.1 Å². The van der Waals surface area contributed by atoms with E-state index < -0.39 is 0 Å². The zero-order valence-corrected chi connectivity index (χ0v) is 16.3. The van der Waals surface area contributed by atoms with Gasteiger partial charge in [0, 0.05) is 19.6 Å². The molecule has 2 aromatic carbocycles. The molecule has 2 rings (SSSR count). The van der Waals surface area contributed by atoms with Gasteiger partial charge in [0.15, 0.2) is 17.5 Å². The summed E-state index contributed by atoms with van der Waals surface area (Å²) in [7, 11) is 3.24. The lowest BCUT2D eigenvalue weighted by molar-refractivity contribution is 0.373. The van der Waals surface area contributed by atoms with Crippen molar-refractivity contribution in [2.75, 3.05) is 33.9 Å². The van der Waals surface area contributed by atoms with Crippen molar-refractivity contribution in [2.45, 2.75) is 19.8 Å². The van der Waals surface area contributed by atoms with Crippen LogP contribution in [0.25, 0.3) is 0 Å². The fourth-order valence-corrected chi connectivity index (χ4v) is 2.74. The van der Waals surface area contributed by atoms with Gasteiger partial charge in [0.2, 0.25) is 0 Å². The molecule has 0 heterocycles. The number of methoxy groups -OCH3 is 2. The SMILES string of the molecule is CCNC(=NCCc1ccccc1OC)NCCc1ccc(O)c(OC)c1. The molecular weight excluding hydrogens is 342 g/mol. The first-order valence-corrected chi connectivity index (χ1v) is 9.17. The minimum Gasteiger partial charge on any atom is -0.504 e. The van der Waals surface area contributed by atoms with Crippen LogP contribution in [0.3, 0.4) is 0 Å². The third-order valence-corrected chi connectivity index (χ3v) is 4.14. The minimum absolute atomic E-state index is 0.153. The lowest BCUT2D eigenvalue weighted by Gasteiger charge is -2.12. The highest BCUT2D eigenvalue weighted by Crippen LogP contribution is 2.26. The zero-order chi connectivity index (χ0) is 19.5. The van der Waals surface area contributed by atoms with Gasteiger partial charge >= 0.3 is 0 Å². The summed E-state index contributed by atoms with van der Waals surface area (Å²) in [5, 5.41) is 16.3. The number of phenols is 1. The maximum absolute atomic E-state index is 9.67. The van der Waals surface area contributed by atoms with Crippen molar-refractivity contribution in [3.05, 3.63) is 53.6 Å². The summed E-state index contributed by atoms with van der Waals surface area (Å²) in [4.78, 5) is 4.64. The molecule has 0 spiro atoms. The van der Waals surface area contributed by atoms with Gasteiger partial charge in [0.1, 0.15) is 5.75 Å². The Hall–Kier alpha value is -2.89. The molecule has 6 nitrogen and oxygen atoms in total. The quantitative estimate of drug-likeness (QED) is 0.467. The van der Waals surface area contributed by atoms with Crippen molar-refractivity contribution < 1.29 is 14.6 Å². The normalized spacial score (nSPS) is 11.1.